The third-order valence-corrected chi connectivity index (χ3v) is 11.1. The number of benzene rings is 8. The molecular formula is C58H49N. The molecule has 0 heterocycles. The van der Waals surface area contributed by atoms with Crippen molar-refractivity contribution in [2.45, 2.75) is 25.2 Å². The molecule has 0 spiro atoms. The van der Waals surface area contributed by atoms with E-state index in [1.165, 1.54) is 43.8 Å². The van der Waals surface area contributed by atoms with Gasteiger partial charge in [-0.2, -0.15) is 0 Å². The van der Waals surface area contributed by atoms with E-state index in [1.54, 1.807) is 0 Å². The number of hydrogen-bond acceptors (Lipinski definition) is 1. The zero-order chi connectivity index (χ0) is 40.2. The van der Waals surface area contributed by atoms with Gasteiger partial charge in [-0.25, -0.2) is 0 Å². The van der Waals surface area contributed by atoms with Gasteiger partial charge in [0.05, 0.1) is 0 Å². The molecule has 0 radical (unpaired) electrons. The predicted octanol–water partition coefficient (Wildman–Crippen LogP) is 15.4. The summed E-state index contributed by atoms with van der Waals surface area (Å²) in [6.45, 7) is 9.15. The molecule has 8 aromatic carbocycles. The Bertz CT molecular complexity index is 2750. The monoisotopic (exact) mass is 759 g/mol. The molecule has 0 amide bonds. The molecule has 0 bridgehead atoms. The number of rotatable bonds is 15. The van der Waals surface area contributed by atoms with Crippen molar-refractivity contribution in [3.63, 3.8) is 0 Å². The first kappa shape index (κ1) is 38.6. The predicted molar refractivity (Wildman–Crippen MR) is 255 cm³/mol. The first-order valence-corrected chi connectivity index (χ1v) is 20.5. The molecule has 0 aliphatic heterocycles. The van der Waals surface area contributed by atoms with Crippen LogP contribution in [0.2, 0.25) is 0 Å². The van der Waals surface area contributed by atoms with Crippen molar-refractivity contribution in [3.8, 4) is 11.1 Å². The van der Waals surface area contributed by atoms with Crippen LogP contribution in [0, 0.1) is 0 Å². The van der Waals surface area contributed by atoms with Crippen LogP contribution in [0.25, 0.3) is 44.8 Å². The van der Waals surface area contributed by atoms with Gasteiger partial charge in [-0.05, 0) is 110 Å². The van der Waals surface area contributed by atoms with Crippen molar-refractivity contribution in [2.75, 3.05) is 4.90 Å². The van der Waals surface area contributed by atoms with Gasteiger partial charge in [-0.15, -0.1) is 6.58 Å². The van der Waals surface area contributed by atoms with Crippen LogP contribution in [-0.4, -0.2) is 0 Å². The van der Waals surface area contributed by atoms with Crippen molar-refractivity contribution >= 4 is 39.4 Å². The average Bonchev–Trinajstić information content (AvgIpc) is 3.30. The Morgan fingerprint density at radius 1 is 0.525 bits per heavy atom. The third kappa shape index (κ3) is 9.67. The second kappa shape index (κ2) is 18.8. The fourth-order valence-electron chi connectivity index (χ4n) is 7.84. The molecule has 0 aromatic heterocycles. The van der Waals surface area contributed by atoms with E-state index in [0.29, 0.717) is 6.42 Å². The van der Waals surface area contributed by atoms with Crippen LogP contribution in [-0.2, 0) is 12.8 Å². The second-order valence-corrected chi connectivity index (χ2v) is 15.1. The summed E-state index contributed by atoms with van der Waals surface area (Å²) in [5, 5.41) is 5.00. The topological polar surface area (TPSA) is 3.24 Å². The SMILES string of the molecule is C=CC(CC(=C)N(C(/C=C/c1ccccc1)=C/C=C/c1ccccc1)c1cccc(-c2ccc3ccc4ccccc4c3c2)c1)c1ccc(CCc2ccccc2)cc1. The molecule has 8 rings (SSSR count). The molecular weight excluding hydrogens is 711 g/mol. The van der Waals surface area contributed by atoms with E-state index >= 15 is 0 Å². The van der Waals surface area contributed by atoms with Crippen LogP contribution < -0.4 is 4.90 Å². The van der Waals surface area contributed by atoms with Crippen LogP contribution in [0.15, 0.2) is 243 Å². The number of allylic oxidation sites excluding steroid dienone is 5. The highest BCUT2D eigenvalue weighted by molar-refractivity contribution is 6.08. The summed E-state index contributed by atoms with van der Waals surface area (Å²) >= 11 is 0. The van der Waals surface area contributed by atoms with Crippen molar-refractivity contribution in [3.05, 3.63) is 271 Å². The van der Waals surface area contributed by atoms with Gasteiger partial charge in [0.15, 0.2) is 0 Å². The van der Waals surface area contributed by atoms with Gasteiger partial charge in [-0.1, -0.05) is 207 Å². The molecule has 8 aromatic rings. The van der Waals surface area contributed by atoms with Gasteiger partial charge in [0, 0.05) is 23.0 Å². The average molecular weight is 760 g/mol. The van der Waals surface area contributed by atoms with Crippen LogP contribution in [0.4, 0.5) is 5.69 Å². The molecule has 0 aliphatic carbocycles. The molecule has 0 N–H and O–H groups in total. The molecule has 1 atom stereocenters. The van der Waals surface area contributed by atoms with Gasteiger partial charge in [0.25, 0.3) is 0 Å². The molecule has 286 valence electrons. The molecule has 0 aliphatic rings. The maximum atomic E-state index is 4.82. The van der Waals surface area contributed by atoms with Crippen LogP contribution in [0.3, 0.4) is 0 Å². The molecule has 1 unspecified atom stereocenters. The van der Waals surface area contributed by atoms with E-state index in [9.17, 15) is 0 Å². The molecule has 0 saturated heterocycles. The summed E-state index contributed by atoms with van der Waals surface area (Å²) in [6, 6.07) is 69.4. The summed E-state index contributed by atoms with van der Waals surface area (Å²) in [6.07, 6.45) is 15.7. The second-order valence-electron chi connectivity index (χ2n) is 15.1. The minimum Gasteiger partial charge on any atom is -0.315 e. The number of nitrogens with zero attached hydrogens (tertiary/aromatic N) is 1. The highest BCUT2D eigenvalue weighted by Gasteiger charge is 2.19. The standard InChI is InChI=1S/C58H49N/c1-3-49(50-34-31-48(32-35-50)30-29-46-19-9-5-10-20-46)41-44(2)59(55(40-33-47-21-11-6-12-22-47)26-15-23-45-17-7-4-8-18-45)56-27-16-25-53(42-56)54-39-38-52-37-36-51-24-13-14-28-57(51)58(52)43-54/h3-28,31-40,42-43,49H,1-2,29-30,41H2/b23-15+,40-33+,55-26+. The Hall–Kier alpha value is -7.22. The van der Waals surface area contributed by atoms with Crippen LogP contribution in [0.1, 0.15) is 40.2 Å². The Kier molecular flexibility index (Phi) is 12.3. The summed E-state index contributed by atoms with van der Waals surface area (Å²) < 4.78 is 0. The van der Waals surface area contributed by atoms with Gasteiger partial charge in [-0.3, -0.25) is 0 Å². The van der Waals surface area contributed by atoms with Gasteiger partial charge in [0.1, 0.15) is 0 Å². The number of fused-ring (bicyclic) bond motifs is 3. The summed E-state index contributed by atoms with van der Waals surface area (Å²) in [5.74, 6) is 0.0735. The van der Waals surface area contributed by atoms with E-state index < -0.39 is 0 Å². The van der Waals surface area contributed by atoms with Gasteiger partial charge < -0.3 is 4.90 Å². The van der Waals surface area contributed by atoms with Gasteiger partial charge in [0.2, 0.25) is 0 Å². The Morgan fingerprint density at radius 3 is 1.83 bits per heavy atom. The highest BCUT2D eigenvalue weighted by Crippen LogP contribution is 2.36. The zero-order valence-corrected chi connectivity index (χ0v) is 33.5. The van der Waals surface area contributed by atoms with Crippen molar-refractivity contribution in [1.29, 1.82) is 0 Å². The zero-order valence-electron chi connectivity index (χ0n) is 33.5. The summed E-state index contributed by atoms with van der Waals surface area (Å²) in [5.41, 5.74) is 11.5. The lowest BCUT2D eigenvalue weighted by molar-refractivity contribution is 0.802. The first-order valence-electron chi connectivity index (χ1n) is 20.5. The lowest BCUT2D eigenvalue weighted by Crippen LogP contribution is -2.21. The lowest BCUT2D eigenvalue weighted by Gasteiger charge is -2.30. The van der Waals surface area contributed by atoms with Crippen LogP contribution >= 0.6 is 0 Å². The fraction of sp³-hybridized carbons (Fsp3) is 0.0690. The van der Waals surface area contributed by atoms with Crippen molar-refractivity contribution < 1.29 is 0 Å². The van der Waals surface area contributed by atoms with Gasteiger partial charge >= 0.3 is 0 Å². The molecule has 1 nitrogen and oxygen atoms in total. The van der Waals surface area contributed by atoms with E-state index in [1.807, 2.05) is 6.07 Å². The Balaban J connectivity index is 1.17. The lowest BCUT2D eigenvalue weighted by atomic mass is 9.92. The highest BCUT2D eigenvalue weighted by atomic mass is 15.2. The van der Waals surface area contributed by atoms with E-state index in [2.05, 4.69) is 236 Å². The van der Waals surface area contributed by atoms with Crippen molar-refractivity contribution in [2.24, 2.45) is 0 Å². The largest absolute Gasteiger partial charge is 0.315 e. The van der Waals surface area contributed by atoms with E-state index in [4.69, 9.17) is 6.58 Å². The smallest absolute Gasteiger partial charge is 0.0464 e. The quantitative estimate of drug-likeness (QED) is 0.0572. The molecule has 0 saturated carbocycles. The van der Waals surface area contributed by atoms with E-state index in [-0.39, 0.29) is 5.92 Å². The maximum absolute atomic E-state index is 4.82. The molecule has 1 heteroatoms. The summed E-state index contributed by atoms with van der Waals surface area (Å²) in [4.78, 5) is 2.32. The fourth-order valence-corrected chi connectivity index (χ4v) is 7.84. The Morgan fingerprint density at radius 2 is 1.12 bits per heavy atom. The Labute approximate surface area is 350 Å². The third-order valence-electron chi connectivity index (χ3n) is 11.1. The minimum atomic E-state index is 0.0735. The minimum absolute atomic E-state index is 0.0735. The first-order chi connectivity index (χ1) is 29.1. The molecule has 0 fully saturated rings. The summed E-state index contributed by atoms with van der Waals surface area (Å²) in [7, 11) is 0. The number of anilines is 1. The number of aryl methyl sites for hydroxylation is 2. The maximum Gasteiger partial charge on any atom is 0.0464 e. The number of hydrogen-bond donors (Lipinski definition) is 0. The van der Waals surface area contributed by atoms with Crippen LogP contribution in [0.5, 0.6) is 0 Å². The van der Waals surface area contributed by atoms with E-state index in [0.717, 1.165) is 46.6 Å². The molecule has 59 heavy (non-hydrogen) atoms. The van der Waals surface area contributed by atoms with Crippen molar-refractivity contribution in [1.82, 2.24) is 0 Å². The normalized spacial score (nSPS) is 12.3.